The lowest BCUT2D eigenvalue weighted by Gasteiger charge is -2.09. The maximum Gasteiger partial charge on any atom is 0.305 e. The molecule has 0 amide bonds. The van der Waals surface area contributed by atoms with Crippen LogP contribution in [0.5, 0.6) is 0 Å². The molecule has 116 valence electrons. The normalized spacial score (nSPS) is 11.0. The van der Waals surface area contributed by atoms with Gasteiger partial charge in [0.15, 0.2) is 0 Å². The molecule has 0 radical (unpaired) electrons. The molecule has 0 saturated heterocycles. The first kappa shape index (κ1) is 17.3. The number of esters is 1. The van der Waals surface area contributed by atoms with Gasteiger partial charge in [-0.25, -0.2) is 12.8 Å². The first-order valence-corrected chi connectivity index (χ1v) is 7.98. The van der Waals surface area contributed by atoms with E-state index in [-0.39, 0.29) is 29.3 Å². The molecule has 9 heteroatoms. The van der Waals surface area contributed by atoms with Crippen molar-refractivity contribution in [2.75, 3.05) is 17.6 Å². The van der Waals surface area contributed by atoms with E-state index in [2.05, 4.69) is 9.46 Å². The lowest BCUT2D eigenvalue weighted by Crippen LogP contribution is -2.19. The van der Waals surface area contributed by atoms with E-state index < -0.39 is 21.8 Å². The van der Waals surface area contributed by atoms with Crippen LogP contribution in [0.15, 0.2) is 18.2 Å². The fraction of sp³-hybridized carbons (Fsp3) is 0.333. The summed E-state index contributed by atoms with van der Waals surface area (Å²) in [7, 11) is -2.54. The molecule has 0 saturated carbocycles. The molecule has 0 aromatic heterocycles. The predicted molar refractivity (Wildman–Crippen MR) is 80.9 cm³/mol. The van der Waals surface area contributed by atoms with Crippen LogP contribution in [0.2, 0.25) is 0 Å². The topological polar surface area (TPSA) is 98.5 Å². The number of thiocarbonyl (C=S) groups is 1. The molecule has 0 aliphatic rings. The van der Waals surface area contributed by atoms with E-state index in [1.165, 1.54) is 19.2 Å². The second-order valence-electron chi connectivity index (χ2n) is 4.16. The van der Waals surface area contributed by atoms with E-state index in [4.69, 9.17) is 18.0 Å². The summed E-state index contributed by atoms with van der Waals surface area (Å²) in [6.07, 6.45) is 0.0505. The van der Waals surface area contributed by atoms with Gasteiger partial charge in [0.2, 0.25) is 10.0 Å². The Hall–Kier alpha value is -1.74. The van der Waals surface area contributed by atoms with E-state index in [0.717, 1.165) is 6.07 Å². The number of nitrogens with two attached hydrogens (primary N) is 1. The molecule has 1 rings (SSSR count). The first-order chi connectivity index (χ1) is 9.75. The molecule has 0 unspecified atom stereocenters. The highest BCUT2D eigenvalue weighted by Gasteiger charge is 2.15. The zero-order chi connectivity index (χ0) is 16.0. The molecule has 0 spiro atoms. The summed E-state index contributed by atoms with van der Waals surface area (Å²) in [6.45, 7) is 0. The molecule has 0 fully saturated rings. The molecule has 1 aromatic rings. The molecule has 21 heavy (non-hydrogen) atoms. The average molecular weight is 334 g/mol. The highest BCUT2D eigenvalue weighted by molar-refractivity contribution is 7.92. The molecular weight excluding hydrogens is 319 g/mol. The lowest BCUT2D eigenvalue weighted by molar-refractivity contribution is -0.140. The Kier molecular flexibility index (Phi) is 6.03. The number of hydrogen-bond donors (Lipinski definition) is 2. The predicted octanol–water partition coefficient (Wildman–Crippen LogP) is 1.15. The molecule has 3 N–H and O–H groups in total. The standard InChI is InChI=1S/C12H15FN2O4S2/c1-19-11(16)3-2-6-21(17,18)15-10-5-4-8(12(14)20)7-9(10)13/h4-5,7,15H,2-3,6H2,1H3,(H2,14,20). The third-order valence-corrected chi connectivity index (χ3v) is 4.13. The summed E-state index contributed by atoms with van der Waals surface area (Å²) in [5, 5.41) is 0. The number of halogens is 1. The Morgan fingerprint density at radius 2 is 2.14 bits per heavy atom. The highest BCUT2D eigenvalue weighted by Crippen LogP contribution is 2.17. The summed E-state index contributed by atoms with van der Waals surface area (Å²) >= 11 is 4.70. The van der Waals surface area contributed by atoms with Gasteiger partial charge in [-0.1, -0.05) is 12.2 Å². The van der Waals surface area contributed by atoms with Crippen LogP contribution in [-0.2, 0) is 19.6 Å². The van der Waals surface area contributed by atoms with Gasteiger partial charge >= 0.3 is 5.97 Å². The molecular formula is C12H15FN2O4S2. The van der Waals surface area contributed by atoms with Gasteiger partial charge in [0.05, 0.1) is 18.6 Å². The lowest BCUT2D eigenvalue weighted by atomic mass is 10.2. The zero-order valence-corrected chi connectivity index (χ0v) is 12.9. The summed E-state index contributed by atoms with van der Waals surface area (Å²) in [4.78, 5) is 10.9. The van der Waals surface area contributed by atoms with E-state index in [1.54, 1.807) is 0 Å². The summed E-state index contributed by atoms with van der Waals surface area (Å²) in [5.74, 6) is -1.60. The minimum atomic E-state index is -3.76. The van der Waals surface area contributed by atoms with E-state index >= 15 is 0 Å². The number of carbonyl (C=O) groups excluding carboxylic acids is 1. The largest absolute Gasteiger partial charge is 0.469 e. The van der Waals surface area contributed by atoms with E-state index in [0.29, 0.717) is 5.56 Å². The Labute approximate surface area is 127 Å². The van der Waals surface area contributed by atoms with Crippen molar-refractivity contribution in [2.45, 2.75) is 12.8 Å². The number of nitrogens with one attached hydrogen (secondary N) is 1. The number of rotatable bonds is 7. The van der Waals surface area contributed by atoms with Crippen LogP contribution in [0.3, 0.4) is 0 Å². The van der Waals surface area contributed by atoms with Crippen LogP contribution in [0.25, 0.3) is 0 Å². The fourth-order valence-corrected chi connectivity index (χ4v) is 2.73. The van der Waals surface area contributed by atoms with Gasteiger partial charge in [-0.3, -0.25) is 9.52 Å². The van der Waals surface area contributed by atoms with Gasteiger partial charge in [0, 0.05) is 12.0 Å². The van der Waals surface area contributed by atoms with Crippen LogP contribution in [-0.4, -0.2) is 32.2 Å². The second kappa shape index (κ2) is 7.32. The van der Waals surface area contributed by atoms with Crippen LogP contribution in [0.1, 0.15) is 18.4 Å². The number of benzene rings is 1. The van der Waals surface area contributed by atoms with Crippen molar-refractivity contribution < 1.29 is 22.3 Å². The van der Waals surface area contributed by atoms with Crippen LogP contribution >= 0.6 is 12.2 Å². The van der Waals surface area contributed by atoms with E-state index in [9.17, 15) is 17.6 Å². The molecule has 0 aliphatic carbocycles. The molecule has 0 heterocycles. The van der Waals surface area contributed by atoms with Crippen molar-refractivity contribution >= 4 is 38.9 Å². The van der Waals surface area contributed by atoms with Crippen molar-refractivity contribution in [2.24, 2.45) is 5.73 Å². The number of carbonyl (C=O) groups is 1. The third-order valence-electron chi connectivity index (χ3n) is 2.54. The molecule has 6 nitrogen and oxygen atoms in total. The summed E-state index contributed by atoms with van der Waals surface area (Å²) in [5.41, 5.74) is 5.45. The number of sulfonamides is 1. The van der Waals surface area contributed by atoms with Crippen molar-refractivity contribution in [1.82, 2.24) is 0 Å². The van der Waals surface area contributed by atoms with Gasteiger partial charge in [-0.15, -0.1) is 0 Å². The smallest absolute Gasteiger partial charge is 0.305 e. The van der Waals surface area contributed by atoms with Crippen molar-refractivity contribution in [3.8, 4) is 0 Å². The van der Waals surface area contributed by atoms with Crippen molar-refractivity contribution in [3.05, 3.63) is 29.6 Å². The first-order valence-electron chi connectivity index (χ1n) is 5.92. The highest BCUT2D eigenvalue weighted by atomic mass is 32.2. The Morgan fingerprint density at radius 3 is 2.67 bits per heavy atom. The third kappa shape index (κ3) is 5.64. The Bertz CT molecular complexity index is 647. The summed E-state index contributed by atoms with van der Waals surface area (Å²) < 4.78 is 43.8. The van der Waals surface area contributed by atoms with Crippen LogP contribution in [0.4, 0.5) is 10.1 Å². The Balaban J connectivity index is 2.71. The van der Waals surface area contributed by atoms with Gasteiger partial charge in [0.25, 0.3) is 0 Å². The number of anilines is 1. The summed E-state index contributed by atoms with van der Waals surface area (Å²) in [6, 6.07) is 3.70. The average Bonchev–Trinajstić information content (AvgIpc) is 2.40. The molecule has 1 aromatic carbocycles. The second-order valence-corrected chi connectivity index (χ2v) is 6.44. The zero-order valence-electron chi connectivity index (χ0n) is 11.3. The van der Waals surface area contributed by atoms with Gasteiger partial charge in [0.1, 0.15) is 10.8 Å². The number of hydrogen-bond acceptors (Lipinski definition) is 5. The minimum Gasteiger partial charge on any atom is -0.469 e. The fourth-order valence-electron chi connectivity index (χ4n) is 1.48. The van der Waals surface area contributed by atoms with Crippen molar-refractivity contribution in [1.29, 1.82) is 0 Å². The molecule has 0 bridgehead atoms. The van der Waals surface area contributed by atoms with E-state index in [1.807, 2.05) is 0 Å². The quantitative estimate of drug-likeness (QED) is 0.573. The number of ether oxygens (including phenoxy) is 1. The SMILES string of the molecule is COC(=O)CCCS(=O)(=O)Nc1ccc(C(N)=S)cc1F. The maximum atomic E-state index is 13.7. The number of methoxy groups -OCH3 is 1. The minimum absolute atomic E-state index is 0.0152. The van der Waals surface area contributed by atoms with Crippen LogP contribution < -0.4 is 10.5 Å². The molecule has 0 atom stereocenters. The maximum absolute atomic E-state index is 13.7. The van der Waals surface area contributed by atoms with Crippen LogP contribution in [0, 0.1) is 5.82 Å². The monoisotopic (exact) mass is 334 g/mol. The van der Waals surface area contributed by atoms with Gasteiger partial charge in [-0.2, -0.15) is 0 Å². The van der Waals surface area contributed by atoms with Gasteiger partial charge in [-0.05, 0) is 24.6 Å². The Morgan fingerprint density at radius 1 is 1.48 bits per heavy atom. The molecule has 0 aliphatic heterocycles. The van der Waals surface area contributed by atoms with Gasteiger partial charge < -0.3 is 10.5 Å². The van der Waals surface area contributed by atoms with Crippen molar-refractivity contribution in [3.63, 3.8) is 0 Å².